The Morgan fingerprint density at radius 3 is 2.38 bits per heavy atom. The van der Waals surface area contributed by atoms with Crippen LogP contribution in [0.15, 0.2) is 23.8 Å². The van der Waals surface area contributed by atoms with Crippen LogP contribution in [-0.4, -0.2) is 22.4 Å². The van der Waals surface area contributed by atoms with Gasteiger partial charge >= 0.3 is 0 Å². The fourth-order valence-corrected chi connectivity index (χ4v) is 9.21. The summed E-state index contributed by atoms with van der Waals surface area (Å²) >= 11 is 0. The van der Waals surface area contributed by atoms with E-state index in [1.54, 1.807) is 5.57 Å². The van der Waals surface area contributed by atoms with Gasteiger partial charge in [0, 0.05) is 23.7 Å². The van der Waals surface area contributed by atoms with Crippen LogP contribution in [0, 0.1) is 46.3 Å². The smallest absolute Gasteiger partial charge is 0.130 e. The lowest BCUT2D eigenvalue weighted by molar-refractivity contribution is -0.497. The largest absolute Gasteiger partial charge is 0.393 e. The second-order valence-electron chi connectivity index (χ2n) is 13.2. The molecule has 4 aliphatic carbocycles. The summed E-state index contributed by atoms with van der Waals surface area (Å²) in [6.45, 7) is 16.8. The van der Waals surface area contributed by atoms with Gasteiger partial charge in [0.05, 0.1) is 6.10 Å². The van der Waals surface area contributed by atoms with Crippen LogP contribution in [0.4, 0.5) is 0 Å². The van der Waals surface area contributed by atoms with Crippen LogP contribution in [0.2, 0.25) is 0 Å². The molecule has 2 aliphatic heterocycles. The van der Waals surface area contributed by atoms with Gasteiger partial charge in [-0.15, -0.1) is 0 Å². The average molecular weight is 443 g/mol. The molecule has 2 spiro atoms. The Kier molecular flexibility index (Phi) is 5.37. The molecule has 3 saturated carbocycles. The highest BCUT2D eigenvalue weighted by Gasteiger charge is 2.74. The van der Waals surface area contributed by atoms with Crippen LogP contribution < -0.4 is 0 Å². The van der Waals surface area contributed by atoms with Gasteiger partial charge < -0.3 is 5.11 Å². The summed E-state index contributed by atoms with van der Waals surface area (Å²) in [6.07, 6.45) is 14.6. The Balaban J connectivity index is 1.46. The fraction of sp³-hybridized carbons (Fsp3) is 0.862. The standard InChI is InChI=1S/C29H46O3/c1-18(2)21(5)19(3)16-20(4)23-8-9-24-26(23,6)12-11-25-27(7)13-10-22(30)17-28(27)14-15-29(24,25)32-31-28/h14-16,18,20-25,30H,8-13,17H2,1-7H3/b19-16+/t20-,21-,22+,23-,24-,25-,26-,27-,28-,29+/m1/s1. The number of hydrogen-bond donors (Lipinski definition) is 1. The Morgan fingerprint density at radius 2 is 1.72 bits per heavy atom. The zero-order chi connectivity index (χ0) is 23.1. The van der Waals surface area contributed by atoms with Crippen LogP contribution in [0.5, 0.6) is 0 Å². The van der Waals surface area contributed by atoms with E-state index in [0.717, 1.165) is 12.8 Å². The maximum atomic E-state index is 10.4. The molecule has 6 rings (SSSR count). The van der Waals surface area contributed by atoms with Gasteiger partial charge in [0.25, 0.3) is 0 Å². The minimum Gasteiger partial charge on any atom is -0.393 e. The maximum absolute atomic E-state index is 10.4. The Hall–Kier alpha value is -0.640. The number of hydrogen-bond acceptors (Lipinski definition) is 3. The van der Waals surface area contributed by atoms with E-state index >= 15 is 0 Å². The normalized spacial score (nSPS) is 51.8. The molecule has 6 aliphatic rings. The van der Waals surface area contributed by atoms with Crippen molar-refractivity contribution in [1.82, 2.24) is 0 Å². The summed E-state index contributed by atoms with van der Waals surface area (Å²) in [4.78, 5) is 12.8. The summed E-state index contributed by atoms with van der Waals surface area (Å²) in [5, 5.41) is 10.4. The third kappa shape index (κ3) is 2.89. The van der Waals surface area contributed by atoms with E-state index < -0.39 is 5.60 Å². The van der Waals surface area contributed by atoms with Gasteiger partial charge in [-0.3, -0.25) is 0 Å². The molecule has 1 N–H and O–H groups in total. The van der Waals surface area contributed by atoms with E-state index in [2.05, 4.69) is 66.7 Å². The molecule has 0 aromatic carbocycles. The van der Waals surface area contributed by atoms with Crippen LogP contribution in [0.3, 0.4) is 0 Å². The van der Waals surface area contributed by atoms with Crippen molar-refractivity contribution in [2.45, 2.75) is 111 Å². The number of fused-ring (bicyclic) bond motifs is 2. The van der Waals surface area contributed by atoms with Gasteiger partial charge in [0.15, 0.2) is 0 Å². The zero-order valence-electron chi connectivity index (χ0n) is 21.5. The lowest BCUT2D eigenvalue weighted by Gasteiger charge is -2.69. The Bertz CT molecular complexity index is 815. The highest BCUT2D eigenvalue weighted by molar-refractivity contribution is 5.33. The summed E-state index contributed by atoms with van der Waals surface area (Å²) in [6, 6.07) is 0. The molecular weight excluding hydrogens is 396 g/mol. The molecule has 0 aromatic heterocycles. The number of aliphatic hydroxyl groups is 1. The summed E-state index contributed by atoms with van der Waals surface area (Å²) in [5.74, 6) is 3.62. The van der Waals surface area contributed by atoms with Crippen molar-refractivity contribution < 1.29 is 14.9 Å². The van der Waals surface area contributed by atoms with Crippen LogP contribution in [0.1, 0.15) is 93.4 Å². The molecule has 0 aromatic rings. The lowest BCUT2D eigenvalue weighted by atomic mass is 9.43. The monoisotopic (exact) mass is 442 g/mol. The molecule has 2 bridgehead atoms. The van der Waals surface area contributed by atoms with E-state index in [0.29, 0.717) is 41.9 Å². The van der Waals surface area contributed by atoms with Crippen molar-refractivity contribution in [3.63, 3.8) is 0 Å². The van der Waals surface area contributed by atoms with Crippen molar-refractivity contribution in [1.29, 1.82) is 0 Å². The number of rotatable bonds is 4. The van der Waals surface area contributed by atoms with E-state index in [-0.39, 0.29) is 22.5 Å². The van der Waals surface area contributed by atoms with Gasteiger partial charge in [-0.2, -0.15) is 0 Å². The van der Waals surface area contributed by atoms with E-state index in [9.17, 15) is 5.11 Å². The van der Waals surface area contributed by atoms with Crippen molar-refractivity contribution in [3.8, 4) is 0 Å². The van der Waals surface area contributed by atoms with Crippen molar-refractivity contribution in [2.75, 3.05) is 0 Å². The van der Waals surface area contributed by atoms with E-state index in [4.69, 9.17) is 9.78 Å². The zero-order valence-corrected chi connectivity index (χ0v) is 21.5. The molecule has 32 heavy (non-hydrogen) atoms. The van der Waals surface area contributed by atoms with Crippen LogP contribution in [-0.2, 0) is 9.78 Å². The first-order valence-corrected chi connectivity index (χ1v) is 13.4. The van der Waals surface area contributed by atoms with Gasteiger partial charge in [-0.1, -0.05) is 59.3 Å². The van der Waals surface area contributed by atoms with Crippen LogP contribution in [0.25, 0.3) is 0 Å². The second kappa shape index (κ2) is 7.43. The first-order valence-electron chi connectivity index (χ1n) is 13.4. The van der Waals surface area contributed by atoms with Crippen molar-refractivity contribution >= 4 is 0 Å². The molecule has 3 heteroatoms. The Labute approximate surface area is 195 Å². The third-order valence-electron chi connectivity index (χ3n) is 11.6. The minimum absolute atomic E-state index is 0.0629. The van der Waals surface area contributed by atoms with Crippen molar-refractivity contribution in [3.05, 3.63) is 23.8 Å². The molecule has 0 radical (unpaired) electrons. The third-order valence-corrected chi connectivity index (χ3v) is 11.6. The van der Waals surface area contributed by atoms with E-state index in [1.807, 2.05) is 0 Å². The molecule has 2 heterocycles. The first kappa shape index (κ1) is 23.1. The number of allylic oxidation sites excluding steroid dienone is 2. The predicted molar refractivity (Wildman–Crippen MR) is 129 cm³/mol. The molecule has 0 unspecified atom stereocenters. The highest BCUT2D eigenvalue weighted by atomic mass is 17.2. The van der Waals surface area contributed by atoms with Crippen molar-refractivity contribution in [2.24, 2.45) is 46.3 Å². The fourth-order valence-electron chi connectivity index (χ4n) is 9.21. The SMILES string of the molecule is C/C(=C\[C@@H](C)[C@H]1CC[C@@H]2[C@]1(C)CC[C@H]1[C@]23C=C[C@]2(C[C@@H](O)CC[C@]12C)OO3)[C@H](C)C(C)C. The molecule has 10 atom stereocenters. The highest BCUT2D eigenvalue weighted by Crippen LogP contribution is 2.72. The summed E-state index contributed by atoms with van der Waals surface area (Å²) in [7, 11) is 0. The van der Waals surface area contributed by atoms with E-state index in [1.165, 1.54) is 25.7 Å². The minimum atomic E-state index is -0.442. The molecule has 3 nitrogen and oxygen atoms in total. The predicted octanol–water partition coefficient (Wildman–Crippen LogP) is 6.86. The van der Waals surface area contributed by atoms with Gasteiger partial charge in [-0.25, -0.2) is 9.78 Å². The van der Waals surface area contributed by atoms with Gasteiger partial charge in [0.1, 0.15) is 11.2 Å². The molecule has 1 saturated heterocycles. The second-order valence-corrected chi connectivity index (χ2v) is 13.2. The molecule has 180 valence electrons. The quantitative estimate of drug-likeness (QED) is 0.382. The summed E-state index contributed by atoms with van der Waals surface area (Å²) in [5.41, 5.74) is 1.17. The lowest BCUT2D eigenvalue weighted by Crippen LogP contribution is -2.73. The molecular formula is C29H46O3. The topological polar surface area (TPSA) is 38.7 Å². The summed E-state index contributed by atoms with van der Waals surface area (Å²) < 4.78 is 0. The average Bonchev–Trinajstić information content (AvgIpc) is 3.11. The molecule has 4 fully saturated rings. The van der Waals surface area contributed by atoms with Crippen LogP contribution >= 0.6 is 0 Å². The maximum Gasteiger partial charge on any atom is 0.130 e. The first-order chi connectivity index (χ1) is 15.0. The number of aliphatic hydroxyl groups excluding tert-OH is 1. The van der Waals surface area contributed by atoms with Gasteiger partial charge in [-0.05, 0) is 80.6 Å². The Morgan fingerprint density at radius 1 is 0.969 bits per heavy atom. The van der Waals surface area contributed by atoms with Gasteiger partial charge in [0.2, 0.25) is 0 Å². The molecule has 0 amide bonds.